The number of hydrogen-bond donors (Lipinski definition) is 1. The molecule has 0 saturated heterocycles. The van der Waals surface area contributed by atoms with Gasteiger partial charge in [-0.3, -0.25) is 9.59 Å². The van der Waals surface area contributed by atoms with Gasteiger partial charge in [-0.2, -0.15) is 0 Å². The first-order valence-electron chi connectivity index (χ1n) is 6.16. The maximum Gasteiger partial charge on any atom is 0.308 e. The molecule has 0 aliphatic heterocycles. The van der Waals surface area contributed by atoms with E-state index in [4.69, 9.17) is 10.5 Å². The number of amides is 1. The van der Waals surface area contributed by atoms with E-state index in [1.807, 2.05) is 19.1 Å². The van der Waals surface area contributed by atoms with Crippen LogP contribution < -0.4 is 10.5 Å². The third-order valence-corrected chi connectivity index (χ3v) is 2.87. The molecule has 0 bridgehead atoms. The fourth-order valence-corrected chi connectivity index (χ4v) is 1.92. The number of rotatable bonds is 3. The van der Waals surface area contributed by atoms with Crippen LogP contribution in [0.25, 0.3) is 11.1 Å². The van der Waals surface area contributed by atoms with E-state index in [9.17, 15) is 9.59 Å². The first-order chi connectivity index (χ1) is 9.47. The Morgan fingerprint density at radius 3 is 2.25 bits per heavy atom. The van der Waals surface area contributed by atoms with E-state index < -0.39 is 5.91 Å². The van der Waals surface area contributed by atoms with E-state index in [-0.39, 0.29) is 5.97 Å². The van der Waals surface area contributed by atoms with Crippen LogP contribution in [0, 0.1) is 6.92 Å². The van der Waals surface area contributed by atoms with Crippen molar-refractivity contribution in [3.63, 3.8) is 0 Å². The third-order valence-electron chi connectivity index (χ3n) is 2.87. The van der Waals surface area contributed by atoms with Gasteiger partial charge in [0.1, 0.15) is 5.75 Å². The average Bonchev–Trinajstić information content (AvgIpc) is 2.38. The molecule has 2 aromatic rings. The van der Waals surface area contributed by atoms with E-state index >= 15 is 0 Å². The highest BCUT2D eigenvalue weighted by Gasteiger charge is 2.09. The predicted molar refractivity (Wildman–Crippen MR) is 76.4 cm³/mol. The summed E-state index contributed by atoms with van der Waals surface area (Å²) in [7, 11) is 0. The minimum absolute atomic E-state index is 0.370. The van der Waals surface area contributed by atoms with Gasteiger partial charge < -0.3 is 10.5 Å². The molecular weight excluding hydrogens is 254 g/mol. The van der Waals surface area contributed by atoms with Crippen LogP contribution in [0.4, 0.5) is 0 Å². The van der Waals surface area contributed by atoms with Crippen LogP contribution in [-0.4, -0.2) is 11.9 Å². The van der Waals surface area contributed by atoms with E-state index in [2.05, 4.69) is 0 Å². The number of carbonyl (C=O) groups is 2. The smallest absolute Gasteiger partial charge is 0.308 e. The summed E-state index contributed by atoms with van der Waals surface area (Å²) in [6.07, 6.45) is 0. The Morgan fingerprint density at radius 2 is 1.70 bits per heavy atom. The summed E-state index contributed by atoms with van der Waals surface area (Å²) in [5.74, 6) is -0.337. The molecule has 0 radical (unpaired) electrons. The molecule has 102 valence electrons. The van der Waals surface area contributed by atoms with Crippen molar-refractivity contribution in [3.05, 3.63) is 53.6 Å². The van der Waals surface area contributed by atoms with E-state index in [1.165, 1.54) is 6.92 Å². The number of hydrogen-bond acceptors (Lipinski definition) is 3. The Morgan fingerprint density at radius 1 is 1.05 bits per heavy atom. The fourth-order valence-electron chi connectivity index (χ4n) is 1.92. The molecule has 0 saturated carbocycles. The van der Waals surface area contributed by atoms with Gasteiger partial charge in [0.2, 0.25) is 5.91 Å². The molecule has 0 heterocycles. The normalized spacial score (nSPS) is 10.1. The SMILES string of the molecule is CC(=O)Oc1cc(C)ccc1-c1ccc(C(N)=O)cc1. The van der Waals surface area contributed by atoms with Gasteiger partial charge >= 0.3 is 5.97 Å². The minimum Gasteiger partial charge on any atom is -0.426 e. The van der Waals surface area contributed by atoms with Gasteiger partial charge in [-0.25, -0.2) is 0 Å². The lowest BCUT2D eigenvalue weighted by Crippen LogP contribution is -2.10. The molecule has 0 fully saturated rings. The first-order valence-corrected chi connectivity index (χ1v) is 6.16. The molecule has 0 spiro atoms. The van der Waals surface area contributed by atoms with Crippen LogP contribution in [0.15, 0.2) is 42.5 Å². The number of esters is 1. The molecule has 4 nitrogen and oxygen atoms in total. The molecule has 0 unspecified atom stereocenters. The lowest BCUT2D eigenvalue weighted by atomic mass is 10.0. The van der Waals surface area contributed by atoms with Gasteiger partial charge in [0.15, 0.2) is 0 Å². The maximum atomic E-state index is 11.2. The van der Waals surface area contributed by atoms with Crippen molar-refractivity contribution in [1.29, 1.82) is 0 Å². The topological polar surface area (TPSA) is 69.4 Å². The second kappa shape index (κ2) is 5.57. The molecule has 0 aliphatic rings. The first kappa shape index (κ1) is 13.8. The van der Waals surface area contributed by atoms with Gasteiger partial charge in [0, 0.05) is 18.1 Å². The number of nitrogens with two attached hydrogens (primary N) is 1. The molecule has 0 atom stereocenters. The molecule has 1 amide bonds. The van der Waals surface area contributed by atoms with Crippen molar-refractivity contribution in [2.45, 2.75) is 13.8 Å². The van der Waals surface area contributed by atoms with Crippen LogP contribution in [0.3, 0.4) is 0 Å². The van der Waals surface area contributed by atoms with Crippen LogP contribution in [0.2, 0.25) is 0 Å². The van der Waals surface area contributed by atoms with Gasteiger partial charge in [0.05, 0.1) is 0 Å². The number of primary amides is 1. The second-order valence-electron chi connectivity index (χ2n) is 4.53. The van der Waals surface area contributed by atoms with Crippen molar-refractivity contribution >= 4 is 11.9 Å². The Balaban J connectivity index is 2.45. The van der Waals surface area contributed by atoms with Gasteiger partial charge in [0.25, 0.3) is 0 Å². The Hall–Kier alpha value is -2.62. The van der Waals surface area contributed by atoms with E-state index in [0.29, 0.717) is 11.3 Å². The number of ether oxygens (including phenoxy) is 1. The van der Waals surface area contributed by atoms with Crippen LogP contribution in [0.1, 0.15) is 22.8 Å². The lowest BCUT2D eigenvalue weighted by molar-refractivity contribution is -0.131. The Kier molecular flexibility index (Phi) is 3.84. The highest BCUT2D eigenvalue weighted by atomic mass is 16.5. The average molecular weight is 269 g/mol. The zero-order chi connectivity index (χ0) is 14.7. The summed E-state index contributed by atoms with van der Waals surface area (Å²) in [4.78, 5) is 22.2. The zero-order valence-corrected chi connectivity index (χ0v) is 11.3. The van der Waals surface area contributed by atoms with Crippen molar-refractivity contribution < 1.29 is 14.3 Å². The van der Waals surface area contributed by atoms with Crippen LogP contribution in [-0.2, 0) is 4.79 Å². The summed E-state index contributed by atoms with van der Waals surface area (Å²) < 4.78 is 5.23. The molecular formula is C16H15NO3. The van der Waals surface area contributed by atoms with Crippen molar-refractivity contribution in [2.75, 3.05) is 0 Å². The molecule has 2 rings (SSSR count). The summed E-state index contributed by atoms with van der Waals surface area (Å²) in [5.41, 5.74) is 8.29. The number of carbonyl (C=O) groups excluding carboxylic acids is 2. The van der Waals surface area contributed by atoms with Crippen molar-refractivity contribution in [3.8, 4) is 16.9 Å². The summed E-state index contributed by atoms with van der Waals surface area (Å²) in [5, 5.41) is 0. The number of aryl methyl sites for hydroxylation is 1. The highest BCUT2D eigenvalue weighted by molar-refractivity contribution is 5.93. The minimum atomic E-state index is -0.472. The van der Waals surface area contributed by atoms with Crippen LogP contribution in [0.5, 0.6) is 5.75 Å². The standard InChI is InChI=1S/C16H15NO3/c1-10-3-8-14(15(9-10)20-11(2)18)12-4-6-13(7-5-12)16(17)19/h3-9H,1-2H3,(H2,17,19). The lowest BCUT2D eigenvalue weighted by Gasteiger charge is -2.10. The molecule has 2 aromatic carbocycles. The third kappa shape index (κ3) is 3.03. The van der Waals surface area contributed by atoms with E-state index in [0.717, 1.165) is 16.7 Å². The second-order valence-corrected chi connectivity index (χ2v) is 4.53. The maximum absolute atomic E-state index is 11.2. The van der Waals surface area contributed by atoms with Gasteiger partial charge in [-0.15, -0.1) is 0 Å². The van der Waals surface area contributed by atoms with Crippen molar-refractivity contribution in [1.82, 2.24) is 0 Å². The summed E-state index contributed by atoms with van der Waals surface area (Å²) >= 11 is 0. The molecule has 20 heavy (non-hydrogen) atoms. The van der Waals surface area contributed by atoms with Gasteiger partial charge in [-0.05, 0) is 36.2 Å². The Labute approximate surface area is 117 Å². The van der Waals surface area contributed by atoms with Crippen LogP contribution >= 0.6 is 0 Å². The monoisotopic (exact) mass is 269 g/mol. The summed E-state index contributed by atoms with van der Waals surface area (Å²) in [6, 6.07) is 12.5. The molecule has 0 aliphatic carbocycles. The summed E-state index contributed by atoms with van der Waals surface area (Å²) in [6.45, 7) is 3.29. The predicted octanol–water partition coefficient (Wildman–Crippen LogP) is 2.69. The van der Waals surface area contributed by atoms with E-state index in [1.54, 1.807) is 30.3 Å². The molecule has 2 N–H and O–H groups in total. The quantitative estimate of drug-likeness (QED) is 0.688. The fraction of sp³-hybridized carbons (Fsp3) is 0.125. The van der Waals surface area contributed by atoms with Crippen molar-refractivity contribution in [2.24, 2.45) is 5.73 Å². The van der Waals surface area contributed by atoms with Gasteiger partial charge in [-0.1, -0.05) is 24.3 Å². The largest absolute Gasteiger partial charge is 0.426 e. The molecule has 0 aromatic heterocycles. The molecule has 4 heteroatoms. The Bertz CT molecular complexity index is 660. The zero-order valence-electron chi connectivity index (χ0n) is 11.3. The number of benzene rings is 2. The highest BCUT2D eigenvalue weighted by Crippen LogP contribution is 2.31.